The lowest BCUT2D eigenvalue weighted by Gasteiger charge is -2.09. The Labute approximate surface area is 202 Å². The van der Waals surface area contributed by atoms with E-state index in [1.807, 2.05) is 22.7 Å². The molecule has 0 spiro atoms. The molecule has 0 atom stereocenters. The minimum absolute atomic E-state index is 1.26. The minimum atomic E-state index is 1.26. The highest BCUT2D eigenvalue weighted by Crippen LogP contribution is 2.46. The zero-order valence-corrected chi connectivity index (χ0v) is 22.0. The van der Waals surface area contributed by atoms with Gasteiger partial charge in [0.15, 0.2) is 0 Å². The van der Waals surface area contributed by atoms with Crippen LogP contribution in [0.15, 0.2) is 35.0 Å². The molecule has 0 saturated heterocycles. The van der Waals surface area contributed by atoms with Gasteiger partial charge in [0.2, 0.25) is 0 Å². The number of hydrogen-bond acceptors (Lipinski definition) is 3. The monoisotopic (exact) mass is 472 g/mol. The van der Waals surface area contributed by atoms with Gasteiger partial charge in [-0.1, -0.05) is 90.2 Å². The van der Waals surface area contributed by atoms with E-state index in [-0.39, 0.29) is 0 Å². The lowest BCUT2D eigenvalue weighted by atomic mass is 9.95. The second-order valence-corrected chi connectivity index (χ2v) is 11.6. The van der Waals surface area contributed by atoms with Gasteiger partial charge in [0.05, 0.1) is 0 Å². The van der Waals surface area contributed by atoms with Crippen LogP contribution in [-0.2, 0) is 12.8 Å². The van der Waals surface area contributed by atoms with E-state index in [4.69, 9.17) is 0 Å². The summed E-state index contributed by atoms with van der Waals surface area (Å²) >= 11 is 5.89. The van der Waals surface area contributed by atoms with Crippen LogP contribution in [0.5, 0.6) is 0 Å². The molecule has 0 bridgehead atoms. The number of rotatable bonds is 16. The van der Waals surface area contributed by atoms with Crippen LogP contribution >= 0.6 is 34.0 Å². The Kier molecular flexibility index (Phi) is 11.4. The summed E-state index contributed by atoms with van der Waals surface area (Å²) in [5.74, 6) is 0. The lowest BCUT2D eigenvalue weighted by molar-refractivity contribution is 0.600. The summed E-state index contributed by atoms with van der Waals surface area (Å²) in [6.07, 6.45) is 19.0. The highest BCUT2D eigenvalue weighted by Gasteiger charge is 2.21. The van der Waals surface area contributed by atoms with Crippen LogP contribution in [0.4, 0.5) is 0 Å². The molecule has 0 N–H and O–H groups in total. The van der Waals surface area contributed by atoms with Crippen LogP contribution in [0.25, 0.3) is 19.5 Å². The van der Waals surface area contributed by atoms with Gasteiger partial charge < -0.3 is 0 Å². The second-order valence-electron chi connectivity index (χ2n) is 8.71. The van der Waals surface area contributed by atoms with E-state index in [0.717, 1.165) is 0 Å². The molecular weight excluding hydrogens is 433 g/mol. The summed E-state index contributed by atoms with van der Waals surface area (Å²) < 4.78 is 0. The molecule has 0 aromatic carbocycles. The average molecular weight is 473 g/mol. The van der Waals surface area contributed by atoms with Gasteiger partial charge in [-0.25, -0.2) is 0 Å². The van der Waals surface area contributed by atoms with Crippen LogP contribution in [0.3, 0.4) is 0 Å². The van der Waals surface area contributed by atoms with Crippen LogP contribution in [0.2, 0.25) is 0 Å². The molecule has 3 aromatic rings. The number of thiophene rings is 3. The third-order valence-electron chi connectivity index (χ3n) is 6.17. The molecule has 3 aromatic heterocycles. The first-order chi connectivity index (χ1) is 15.3. The maximum Gasteiger partial charge on any atom is 0.0484 e. The molecule has 0 aliphatic heterocycles. The van der Waals surface area contributed by atoms with Gasteiger partial charge in [-0.05, 0) is 59.7 Å². The largest absolute Gasteiger partial charge is 0.143 e. The summed E-state index contributed by atoms with van der Waals surface area (Å²) in [7, 11) is 0. The molecule has 0 nitrogen and oxygen atoms in total. The van der Waals surface area contributed by atoms with Crippen molar-refractivity contribution in [3.8, 4) is 19.5 Å². The van der Waals surface area contributed by atoms with E-state index < -0.39 is 0 Å². The molecule has 0 aliphatic carbocycles. The van der Waals surface area contributed by atoms with Crippen LogP contribution in [0, 0.1) is 0 Å². The van der Waals surface area contributed by atoms with E-state index in [9.17, 15) is 0 Å². The van der Waals surface area contributed by atoms with Crippen molar-refractivity contribution in [3.05, 3.63) is 46.2 Å². The molecule has 31 heavy (non-hydrogen) atoms. The molecule has 170 valence electrons. The number of unbranched alkanes of at least 4 members (excludes halogenated alkanes) is 10. The third kappa shape index (κ3) is 7.58. The van der Waals surface area contributed by atoms with Crippen LogP contribution in [0.1, 0.15) is 102 Å². The van der Waals surface area contributed by atoms with Crippen molar-refractivity contribution in [2.45, 2.75) is 104 Å². The Morgan fingerprint density at radius 3 is 1.35 bits per heavy atom. The Hall–Kier alpha value is -0.900. The number of hydrogen-bond donors (Lipinski definition) is 0. The molecule has 0 unspecified atom stereocenters. The highest BCUT2D eigenvalue weighted by molar-refractivity contribution is 7.26. The summed E-state index contributed by atoms with van der Waals surface area (Å²) in [5, 5.41) is 4.48. The molecule has 3 heterocycles. The van der Waals surface area contributed by atoms with Crippen LogP contribution in [-0.4, -0.2) is 0 Å². The molecule has 0 fully saturated rings. The van der Waals surface area contributed by atoms with Gasteiger partial charge in [-0.3, -0.25) is 0 Å². The van der Waals surface area contributed by atoms with Crippen molar-refractivity contribution in [2.75, 3.05) is 0 Å². The average Bonchev–Trinajstić information content (AvgIpc) is 3.54. The Morgan fingerprint density at radius 2 is 0.968 bits per heavy atom. The lowest BCUT2D eigenvalue weighted by Crippen LogP contribution is -1.95. The predicted octanol–water partition coefficient (Wildman–Crippen LogP) is 11.0. The molecule has 0 radical (unpaired) electrons. The first kappa shape index (κ1) is 24.7. The van der Waals surface area contributed by atoms with Crippen molar-refractivity contribution < 1.29 is 0 Å². The smallest absolute Gasteiger partial charge is 0.0484 e. The molecule has 0 saturated carbocycles. The van der Waals surface area contributed by atoms with E-state index in [2.05, 4.69) is 60.2 Å². The zero-order chi connectivity index (χ0) is 21.7. The molecule has 3 heteroatoms. The van der Waals surface area contributed by atoms with Crippen molar-refractivity contribution in [1.82, 2.24) is 0 Å². The maximum atomic E-state index is 2.33. The standard InChI is InChI=1S/C28H40S3/c1-3-5-7-9-11-13-17-23-24(18-14-12-10-8-6-4-2)28(26-20-16-22-30-26)31-27(23)25-19-15-21-29-25/h15-16,19-22H,3-14,17-18H2,1-2H3. The van der Waals surface area contributed by atoms with Gasteiger partial charge in [0, 0.05) is 19.5 Å². The second kappa shape index (κ2) is 14.3. The Bertz CT molecular complexity index is 755. The van der Waals surface area contributed by atoms with Crippen molar-refractivity contribution in [1.29, 1.82) is 0 Å². The molecule has 0 aliphatic rings. The maximum absolute atomic E-state index is 2.33. The van der Waals surface area contributed by atoms with E-state index in [1.54, 1.807) is 20.9 Å². The third-order valence-corrected chi connectivity index (χ3v) is 9.54. The van der Waals surface area contributed by atoms with Gasteiger partial charge >= 0.3 is 0 Å². The summed E-state index contributed by atoms with van der Waals surface area (Å²) in [5.41, 5.74) is 3.36. The normalized spacial score (nSPS) is 11.4. The van der Waals surface area contributed by atoms with Crippen molar-refractivity contribution in [3.63, 3.8) is 0 Å². The minimum Gasteiger partial charge on any atom is -0.143 e. The van der Waals surface area contributed by atoms with E-state index in [0.29, 0.717) is 0 Å². The van der Waals surface area contributed by atoms with E-state index in [1.165, 1.54) is 99.6 Å². The van der Waals surface area contributed by atoms with Crippen LogP contribution < -0.4 is 0 Å². The quantitative estimate of drug-likeness (QED) is 0.182. The fourth-order valence-corrected chi connectivity index (χ4v) is 7.57. The highest BCUT2D eigenvalue weighted by atomic mass is 32.1. The molecule has 0 amide bonds. The first-order valence-electron chi connectivity index (χ1n) is 12.6. The molecular formula is C28H40S3. The summed E-state index contributed by atoms with van der Waals surface area (Å²) in [4.78, 5) is 6.07. The van der Waals surface area contributed by atoms with E-state index >= 15 is 0 Å². The fraction of sp³-hybridized carbons (Fsp3) is 0.571. The van der Waals surface area contributed by atoms with Crippen molar-refractivity contribution >= 4 is 34.0 Å². The van der Waals surface area contributed by atoms with Gasteiger partial charge in [0.25, 0.3) is 0 Å². The van der Waals surface area contributed by atoms with Crippen molar-refractivity contribution in [2.24, 2.45) is 0 Å². The SMILES string of the molecule is CCCCCCCCc1c(-c2cccs2)sc(-c2cccs2)c1CCCCCCCC. The van der Waals surface area contributed by atoms with Gasteiger partial charge in [-0.15, -0.1) is 34.0 Å². The van der Waals surface area contributed by atoms with Gasteiger partial charge in [-0.2, -0.15) is 0 Å². The predicted molar refractivity (Wildman–Crippen MR) is 145 cm³/mol. The summed E-state index contributed by atoms with van der Waals surface area (Å²) in [6, 6.07) is 9.08. The zero-order valence-electron chi connectivity index (χ0n) is 19.6. The Balaban J connectivity index is 1.78. The topological polar surface area (TPSA) is 0 Å². The van der Waals surface area contributed by atoms with Gasteiger partial charge in [0.1, 0.15) is 0 Å². The Morgan fingerprint density at radius 1 is 0.548 bits per heavy atom. The summed E-state index contributed by atoms with van der Waals surface area (Å²) in [6.45, 7) is 4.61. The molecule has 3 rings (SSSR count). The first-order valence-corrected chi connectivity index (χ1v) is 15.1. The fourth-order valence-electron chi connectivity index (χ4n) is 4.41.